The number of hydrogen-bond acceptors (Lipinski definition) is 4. The van der Waals surface area contributed by atoms with E-state index in [0.717, 1.165) is 0 Å². The minimum Gasteiger partial charge on any atom is -0.484 e. The van der Waals surface area contributed by atoms with Crippen molar-refractivity contribution in [1.29, 1.82) is 0 Å². The van der Waals surface area contributed by atoms with Crippen LogP contribution in [0, 0.1) is 5.82 Å². The average molecular weight is 446 g/mol. The highest BCUT2D eigenvalue weighted by molar-refractivity contribution is 6.14. The molecule has 0 fully saturated rings. The number of nitrogens with one attached hydrogen (secondary N) is 2. The van der Waals surface area contributed by atoms with E-state index in [1.54, 1.807) is 30.3 Å². The van der Waals surface area contributed by atoms with Crippen LogP contribution in [0.15, 0.2) is 77.2 Å². The number of ether oxygens (including phenoxy) is 1. The lowest BCUT2D eigenvalue weighted by atomic mass is 10.0. The molecule has 33 heavy (non-hydrogen) atoms. The summed E-state index contributed by atoms with van der Waals surface area (Å²) in [6, 6.07) is 20.0. The first kappa shape index (κ1) is 22.1. The molecule has 7 heteroatoms. The number of benzene rings is 3. The first-order chi connectivity index (χ1) is 15.9. The maximum Gasteiger partial charge on any atom is 0.293 e. The summed E-state index contributed by atoms with van der Waals surface area (Å²) >= 11 is 0. The standard InChI is InChI=1S/C26H23FN2O4/c1-16(2)17-10-12-20(13-11-17)32-15-23(30)29-24-21-8-3-4-9-22(21)33-25(24)26(31)28-19-7-5-6-18(27)14-19/h3-14,16H,15H2,1-2H3,(H,28,31)(H,29,30). The van der Waals surface area contributed by atoms with E-state index in [9.17, 15) is 14.0 Å². The van der Waals surface area contributed by atoms with E-state index in [-0.39, 0.29) is 23.7 Å². The number of rotatable bonds is 7. The van der Waals surface area contributed by atoms with Gasteiger partial charge < -0.3 is 19.8 Å². The molecule has 1 aromatic heterocycles. The van der Waals surface area contributed by atoms with Crippen LogP contribution >= 0.6 is 0 Å². The maximum atomic E-state index is 13.5. The van der Waals surface area contributed by atoms with Crippen LogP contribution in [0.5, 0.6) is 5.75 Å². The fraction of sp³-hybridized carbons (Fsp3) is 0.154. The zero-order chi connectivity index (χ0) is 23.4. The van der Waals surface area contributed by atoms with E-state index in [0.29, 0.717) is 22.6 Å². The lowest BCUT2D eigenvalue weighted by molar-refractivity contribution is -0.118. The van der Waals surface area contributed by atoms with E-state index in [1.807, 2.05) is 24.3 Å². The number of fused-ring (bicyclic) bond motifs is 1. The molecule has 0 radical (unpaired) electrons. The predicted molar refractivity (Wildman–Crippen MR) is 125 cm³/mol. The Morgan fingerprint density at radius 2 is 1.73 bits per heavy atom. The van der Waals surface area contributed by atoms with Gasteiger partial charge in [0.15, 0.2) is 6.61 Å². The molecule has 0 aliphatic rings. The van der Waals surface area contributed by atoms with Gasteiger partial charge in [-0.1, -0.05) is 44.2 Å². The smallest absolute Gasteiger partial charge is 0.293 e. The first-order valence-corrected chi connectivity index (χ1v) is 10.5. The molecular formula is C26H23FN2O4. The van der Waals surface area contributed by atoms with Crippen molar-refractivity contribution >= 4 is 34.2 Å². The predicted octanol–water partition coefficient (Wildman–Crippen LogP) is 5.97. The molecule has 6 nitrogen and oxygen atoms in total. The van der Waals surface area contributed by atoms with Crippen LogP contribution < -0.4 is 15.4 Å². The van der Waals surface area contributed by atoms with Gasteiger partial charge in [0.1, 0.15) is 22.8 Å². The molecule has 0 spiro atoms. The van der Waals surface area contributed by atoms with E-state index >= 15 is 0 Å². The van der Waals surface area contributed by atoms with Crippen molar-refractivity contribution in [2.45, 2.75) is 19.8 Å². The van der Waals surface area contributed by atoms with Gasteiger partial charge in [0.05, 0.1) is 0 Å². The maximum absolute atomic E-state index is 13.5. The summed E-state index contributed by atoms with van der Waals surface area (Å²) in [4.78, 5) is 25.5. The van der Waals surface area contributed by atoms with Crippen LogP contribution in [-0.4, -0.2) is 18.4 Å². The van der Waals surface area contributed by atoms with Gasteiger partial charge >= 0.3 is 0 Å². The normalized spacial score (nSPS) is 10.9. The summed E-state index contributed by atoms with van der Waals surface area (Å²) in [6.45, 7) is 3.95. The molecule has 1 heterocycles. The van der Waals surface area contributed by atoms with Crippen molar-refractivity contribution in [1.82, 2.24) is 0 Å². The third-order valence-corrected chi connectivity index (χ3v) is 5.07. The zero-order valence-corrected chi connectivity index (χ0v) is 18.2. The Balaban J connectivity index is 1.51. The van der Waals surface area contributed by atoms with Gasteiger partial charge in [-0.15, -0.1) is 0 Å². The number of amides is 2. The average Bonchev–Trinajstić information content (AvgIpc) is 3.16. The third-order valence-electron chi connectivity index (χ3n) is 5.07. The van der Waals surface area contributed by atoms with Crippen molar-refractivity contribution in [2.75, 3.05) is 17.2 Å². The number of hydrogen-bond donors (Lipinski definition) is 2. The molecule has 0 aliphatic carbocycles. The van der Waals surface area contributed by atoms with E-state index in [4.69, 9.17) is 9.15 Å². The topological polar surface area (TPSA) is 80.6 Å². The fourth-order valence-electron chi connectivity index (χ4n) is 3.36. The highest BCUT2D eigenvalue weighted by Gasteiger charge is 2.22. The quantitative estimate of drug-likeness (QED) is 0.367. The van der Waals surface area contributed by atoms with Crippen molar-refractivity contribution in [3.05, 3.63) is 89.9 Å². The number of halogens is 1. The van der Waals surface area contributed by atoms with Crippen LogP contribution in [0.2, 0.25) is 0 Å². The molecule has 168 valence electrons. The van der Waals surface area contributed by atoms with Crippen LogP contribution in [-0.2, 0) is 4.79 Å². The summed E-state index contributed by atoms with van der Waals surface area (Å²) in [6.07, 6.45) is 0. The molecule has 2 N–H and O–H groups in total. The SMILES string of the molecule is CC(C)c1ccc(OCC(=O)Nc2c(C(=O)Nc3cccc(F)c3)oc3ccccc23)cc1. The zero-order valence-electron chi connectivity index (χ0n) is 18.2. The summed E-state index contributed by atoms with van der Waals surface area (Å²) < 4.78 is 24.8. The Hall–Kier alpha value is -4.13. The Labute approximate surface area is 190 Å². The first-order valence-electron chi connectivity index (χ1n) is 10.5. The van der Waals surface area contributed by atoms with E-state index in [2.05, 4.69) is 24.5 Å². The van der Waals surface area contributed by atoms with Gasteiger partial charge in [-0.2, -0.15) is 0 Å². The molecule has 0 unspecified atom stereocenters. The van der Waals surface area contributed by atoms with Gasteiger partial charge in [-0.25, -0.2) is 4.39 Å². The minimum absolute atomic E-state index is 0.0879. The molecular weight excluding hydrogens is 423 g/mol. The molecule has 0 saturated heterocycles. The van der Waals surface area contributed by atoms with Crippen LogP contribution in [0.1, 0.15) is 35.9 Å². The Bertz CT molecular complexity index is 1300. The van der Waals surface area contributed by atoms with Crippen molar-refractivity contribution in [2.24, 2.45) is 0 Å². The number of para-hydroxylation sites is 1. The van der Waals surface area contributed by atoms with E-state index < -0.39 is 17.6 Å². The van der Waals surface area contributed by atoms with Crippen LogP contribution in [0.3, 0.4) is 0 Å². The fourth-order valence-corrected chi connectivity index (χ4v) is 3.36. The Morgan fingerprint density at radius 1 is 0.970 bits per heavy atom. The van der Waals surface area contributed by atoms with Gasteiger partial charge in [0, 0.05) is 11.1 Å². The molecule has 3 aromatic carbocycles. The van der Waals surface area contributed by atoms with Crippen molar-refractivity contribution < 1.29 is 23.1 Å². The molecule has 0 bridgehead atoms. The van der Waals surface area contributed by atoms with Gasteiger partial charge in [-0.05, 0) is 53.9 Å². The molecule has 4 rings (SSSR count). The second-order valence-corrected chi connectivity index (χ2v) is 7.83. The van der Waals surface area contributed by atoms with Gasteiger partial charge in [0.2, 0.25) is 5.76 Å². The molecule has 0 aliphatic heterocycles. The molecule has 0 atom stereocenters. The summed E-state index contributed by atoms with van der Waals surface area (Å²) in [5.74, 6) is -0.671. The van der Waals surface area contributed by atoms with Gasteiger partial charge in [0.25, 0.3) is 11.8 Å². The van der Waals surface area contributed by atoms with Crippen molar-refractivity contribution in [3.63, 3.8) is 0 Å². The second-order valence-electron chi connectivity index (χ2n) is 7.83. The monoisotopic (exact) mass is 446 g/mol. The number of furan rings is 1. The molecule has 2 amide bonds. The second kappa shape index (κ2) is 9.56. The number of carbonyl (C=O) groups excluding carboxylic acids is 2. The number of anilines is 2. The van der Waals surface area contributed by atoms with E-state index in [1.165, 1.54) is 23.8 Å². The van der Waals surface area contributed by atoms with Gasteiger partial charge in [-0.3, -0.25) is 9.59 Å². The minimum atomic E-state index is -0.614. The largest absolute Gasteiger partial charge is 0.484 e. The molecule has 4 aromatic rings. The highest BCUT2D eigenvalue weighted by atomic mass is 19.1. The van der Waals surface area contributed by atoms with Crippen LogP contribution in [0.25, 0.3) is 11.0 Å². The third kappa shape index (κ3) is 5.20. The van der Waals surface area contributed by atoms with Crippen molar-refractivity contribution in [3.8, 4) is 5.75 Å². The lowest BCUT2D eigenvalue weighted by Gasteiger charge is -2.10. The molecule has 0 saturated carbocycles. The van der Waals surface area contributed by atoms with Crippen LogP contribution in [0.4, 0.5) is 15.8 Å². The Morgan fingerprint density at radius 3 is 2.45 bits per heavy atom. The lowest BCUT2D eigenvalue weighted by Crippen LogP contribution is -2.22. The summed E-state index contributed by atoms with van der Waals surface area (Å²) in [5.41, 5.74) is 2.10. The summed E-state index contributed by atoms with van der Waals surface area (Å²) in [5, 5.41) is 5.88. The highest BCUT2D eigenvalue weighted by Crippen LogP contribution is 2.31. The Kier molecular flexibility index (Phi) is 6.40. The number of carbonyl (C=O) groups is 2. The summed E-state index contributed by atoms with van der Waals surface area (Å²) in [7, 11) is 0.